The molecular formula is C15H23N3O2. The zero-order valence-corrected chi connectivity index (χ0v) is 12.4. The molecule has 1 atom stereocenters. The van der Waals surface area contributed by atoms with Crippen molar-refractivity contribution in [1.29, 1.82) is 0 Å². The molecule has 1 aromatic rings. The smallest absolute Gasteiger partial charge is 0.244 e. The van der Waals surface area contributed by atoms with E-state index < -0.39 is 0 Å². The number of carbonyl (C=O) groups is 1. The van der Waals surface area contributed by atoms with E-state index >= 15 is 0 Å². The summed E-state index contributed by atoms with van der Waals surface area (Å²) in [5.74, 6) is 0.130. The van der Waals surface area contributed by atoms with Gasteiger partial charge in [-0.05, 0) is 31.2 Å². The lowest BCUT2D eigenvalue weighted by atomic mass is 10.2. The normalized spacial score (nSPS) is 16.6. The molecule has 0 aromatic heterocycles. The fourth-order valence-electron chi connectivity index (χ4n) is 2.23. The fourth-order valence-corrected chi connectivity index (χ4v) is 2.23. The average Bonchev–Trinajstić information content (AvgIpc) is 2.48. The van der Waals surface area contributed by atoms with Crippen LogP contribution in [0.2, 0.25) is 0 Å². The molecule has 1 aromatic carbocycles. The molecule has 5 heteroatoms. The number of benzene rings is 1. The molecule has 0 aliphatic carbocycles. The summed E-state index contributed by atoms with van der Waals surface area (Å²) in [6.45, 7) is 4.54. The van der Waals surface area contributed by atoms with E-state index in [9.17, 15) is 4.79 Å². The van der Waals surface area contributed by atoms with E-state index in [0.717, 1.165) is 11.4 Å². The Bertz CT molecular complexity index is 439. The Morgan fingerprint density at radius 3 is 2.40 bits per heavy atom. The van der Waals surface area contributed by atoms with Crippen molar-refractivity contribution in [2.75, 3.05) is 50.6 Å². The third-order valence-corrected chi connectivity index (χ3v) is 3.46. The Kier molecular flexibility index (Phi) is 4.84. The first-order chi connectivity index (χ1) is 9.58. The average molecular weight is 277 g/mol. The van der Waals surface area contributed by atoms with Gasteiger partial charge in [0.2, 0.25) is 5.91 Å². The van der Waals surface area contributed by atoms with Crippen LogP contribution < -0.4 is 10.2 Å². The van der Waals surface area contributed by atoms with Crippen LogP contribution in [0.1, 0.15) is 6.92 Å². The number of anilines is 2. The Labute approximate surface area is 120 Å². The molecule has 5 nitrogen and oxygen atoms in total. The summed E-state index contributed by atoms with van der Waals surface area (Å²) in [5.41, 5.74) is 2.10. The maximum absolute atomic E-state index is 12.3. The van der Waals surface area contributed by atoms with Gasteiger partial charge in [-0.1, -0.05) is 0 Å². The third kappa shape index (κ3) is 3.63. The van der Waals surface area contributed by atoms with Crippen LogP contribution >= 0.6 is 0 Å². The van der Waals surface area contributed by atoms with Gasteiger partial charge < -0.3 is 19.9 Å². The van der Waals surface area contributed by atoms with Gasteiger partial charge in [0.15, 0.2) is 0 Å². The van der Waals surface area contributed by atoms with Gasteiger partial charge in [0, 0.05) is 38.6 Å². The molecule has 2 rings (SSSR count). The molecule has 1 aliphatic heterocycles. The Morgan fingerprint density at radius 1 is 1.25 bits per heavy atom. The Balaban J connectivity index is 1.92. The number of hydrogen-bond acceptors (Lipinski definition) is 4. The quantitative estimate of drug-likeness (QED) is 0.904. The SMILES string of the molecule is CC(Nc1ccc(N(C)C)cc1)C(=O)N1CCOCC1. The molecule has 0 radical (unpaired) electrons. The van der Waals surface area contributed by atoms with Crippen LogP contribution in [0.15, 0.2) is 24.3 Å². The Hall–Kier alpha value is -1.75. The van der Waals surface area contributed by atoms with E-state index in [1.54, 1.807) is 0 Å². The first-order valence-electron chi connectivity index (χ1n) is 6.98. The third-order valence-electron chi connectivity index (χ3n) is 3.46. The fraction of sp³-hybridized carbons (Fsp3) is 0.533. The Morgan fingerprint density at radius 2 is 1.85 bits per heavy atom. The predicted octanol–water partition coefficient (Wildman–Crippen LogP) is 1.41. The van der Waals surface area contributed by atoms with Gasteiger partial charge in [0.05, 0.1) is 13.2 Å². The highest BCUT2D eigenvalue weighted by molar-refractivity contribution is 5.84. The van der Waals surface area contributed by atoms with E-state index in [0.29, 0.717) is 26.3 Å². The van der Waals surface area contributed by atoms with Gasteiger partial charge >= 0.3 is 0 Å². The molecule has 0 saturated carbocycles. The van der Waals surface area contributed by atoms with Crippen molar-refractivity contribution in [2.45, 2.75) is 13.0 Å². The summed E-state index contributed by atoms with van der Waals surface area (Å²) in [7, 11) is 4.01. The number of nitrogens with one attached hydrogen (secondary N) is 1. The minimum Gasteiger partial charge on any atom is -0.378 e. The molecule has 20 heavy (non-hydrogen) atoms. The second-order valence-electron chi connectivity index (χ2n) is 5.24. The lowest BCUT2D eigenvalue weighted by Gasteiger charge is -2.29. The number of morpholine rings is 1. The molecule has 1 amide bonds. The van der Waals surface area contributed by atoms with Gasteiger partial charge in [-0.15, -0.1) is 0 Å². The number of hydrogen-bond donors (Lipinski definition) is 1. The van der Waals surface area contributed by atoms with Crippen molar-refractivity contribution in [3.63, 3.8) is 0 Å². The molecule has 1 heterocycles. The summed E-state index contributed by atoms with van der Waals surface area (Å²) in [6, 6.07) is 7.85. The van der Waals surface area contributed by atoms with Gasteiger partial charge in [-0.2, -0.15) is 0 Å². The number of rotatable bonds is 4. The summed E-state index contributed by atoms with van der Waals surface area (Å²) in [6.07, 6.45) is 0. The highest BCUT2D eigenvalue weighted by Crippen LogP contribution is 2.16. The van der Waals surface area contributed by atoms with Crippen molar-refractivity contribution in [1.82, 2.24) is 4.90 Å². The molecule has 1 unspecified atom stereocenters. The van der Waals surface area contributed by atoms with E-state index in [4.69, 9.17) is 4.74 Å². The van der Waals surface area contributed by atoms with Gasteiger partial charge in [0.1, 0.15) is 6.04 Å². The second-order valence-corrected chi connectivity index (χ2v) is 5.24. The van der Waals surface area contributed by atoms with Crippen molar-refractivity contribution >= 4 is 17.3 Å². The highest BCUT2D eigenvalue weighted by Gasteiger charge is 2.22. The van der Waals surface area contributed by atoms with Crippen molar-refractivity contribution in [2.24, 2.45) is 0 Å². The summed E-state index contributed by atoms with van der Waals surface area (Å²) >= 11 is 0. The van der Waals surface area contributed by atoms with Crippen molar-refractivity contribution in [3.8, 4) is 0 Å². The van der Waals surface area contributed by atoms with E-state index in [-0.39, 0.29) is 11.9 Å². The summed E-state index contributed by atoms with van der Waals surface area (Å²) in [5, 5.41) is 3.25. The molecule has 1 aliphatic rings. The van der Waals surface area contributed by atoms with Crippen LogP contribution in [0.5, 0.6) is 0 Å². The highest BCUT2D eigenvalue weighted by atomic mass is 16.5. The van der Waals surface area contributed by atoms with Crippen LogP contribution in [0.4, 0.5) is 11.4 Å². The lowest BCUT2D eigenvalue weighted by Crippen LogP contribution is -2.46. The van der Waals surface area contributed by atoms with E-state index in [1.165, 1.54) is 0 Å². The van der Waals surface area contributed by atoms with Gasteiger partial charge in [-0.25, -0.2) is 0 Å². The maximum Gasteiger partial charge on any atom is 0.244 e. The molecule has 110 valence electrons. The molecule has 0 bridgehead atoms. The monoisotopic (exact) mass is 277 g/mol. The molecule has 0 spiro atoms. The molecule has 1 fully saturated rings. The van der Waals surface area contributed by atoms with Gasteiger partial charge in [-0.3, -0.25) is 4.79 Å². The minimum absolute atomic E-state index is 0.130. The van der Waals surface area contributed by atoms with E-state index in [2.05, 4.69) is 5.32 Å². The first kappa shape index (κ1) is 14.7. The van der Waals surface area contributed by atoms with E-state index in [1.807, 2.05) is 55.1 Å². The predicted molar refractivity (Wildman–Crippen MR) is 81.3 cm³/mol. The van der Waals surface area contributed by atoms with Gasteiger partial charge in [0.25, 0.3) is 0 Å². The zero-order chi connectivity index (χ0) is 14.5. The number of amides is 1. The first-order valence-corrected chi connectivity index (χ1v) is 6.98. The molecular weight excluding hydrogens is 254 g/mol. The maximum atomic E-state index is 12.3. The van der Waals surface area contributed by atoms with Crippen LogP contribution in [0.25, 0.3) is 0 Å². The summed E-state index contributed by atoms with van der Waals surface area (Å²) in [4.78, 5) is 16.2. The number of ether oxygens (including phenoxy) is 1. The van der Waals surface area contributed by atoms with Crippen LogP contribution in [-0.4, -0.2) is 57.2 Å². The van der Waals surface area contributed by atoms with Crippen LogP contribution in [-0.2, 0) is 9.53 Å². The number of nitrogens with zero attached hydrogens (tertiary/aromatic N) is 2. The standard InChI is InChI=1S/C15H23N3O2/c1-12(15(19)18-8-10-20-11-9-18)16-13-4-6-14(7-5-13)17(2)3/h4-7,12,16H,8-11H2,1-3H3. The van der Waals surface area contributed by atoms with Crippen LogP contribution in [0.3, 0.4) is 0 Å². The topological polar surface area (TPSA) is 44.8 Å². The zero-order valence-electron chi connectivity index (χ0n) is 12.4. The minimum atomic E-state index is -0.224. The second kappa shape index (κ2) is 6.61. The number of carbonyl (C=O) groups excluding carboxylic acids is 1. The van der Waals surface area contributed by atoms with Crippen molar-refractivity contribution < 1.29 is 9.53 Å². The van der Waals surface area contributed by atoms with Crippen molar-refractivity contribution in [3.05, 3.63) is 24.3 Å². The lowest BCUT2D eigenvalue weighted by molar-refractivity contribution is -0.135. The molecule has 1 N–H and O–H groups in total. The summed E-state index contributed by atoms with van der Waals surface area (Å²) < 4.78 is 5.26. The largest absolute Gasteiger partial charge is 0.378 e. The van der Waals surface area contributed by atoms with Crippen LogP contribution in [0, 0.1) is 0 Å². The molecule has 1 saturated heterocycles.